The average molecular weight is 395 g/mol. The number of piperidine rings is 1. The van der Waals surface area contributed by atoms with Gasteiger partial charge in [0, 0.05) is 6.54 Å². The molecule has 0 spiro atoms. The normalized spacial score (nSPS) is 20.7. The average Bonchev–Trinajstić information content (AvgIpc) is 3.32. The van der Waals surface area contributed by atoms with Gasteiger partial charge >= 0.3 is 5.76 Å². The number of hydrogen-bond acceptors (Lipinski definition) is 5. The first-order chi connectivity index (χ1) is 14.2. The molecule has 1 unspecified atom stereocenters. The van der Waals surface area contributed by atoms with Crippen LogP contribution in [0, 0.1) is 5.82 Å². The third kappa shape index (κ3) is 3.58. The number of para-hydroxylation sites is 2. The van der Waals surface area contributed by atoms with Crippen molar-refractivity contribution < 1.29 is 13.6 Å². The number of likely N-dealkylation sites (tertiary alicyclic amines) is 1. The van der Waals surface area contributed by atoms with Crippen LogP contribution in [0.5, 0.6) is 0 Å². The Bertz CT molecular complexity index is 1090. The van der Waals surface area contributed by atoms with Crippen molar-refractivity contribution in [3.63, 3.8) is 0 Å². The lowest BCUT2D eigenvalue weighted by atomic mass is 9.89. The molecule has 1 aromatic heterocycles. The minimum absolute atomic E-state index is 0.0760. The maximum absolute atomic E-state index is 13.1. The first-order valence-electron chi connectivity index (χ1n) is 9.99. The molecule has 0 saturated carbocycles. The summed E-state index contributed by atoms with van der Waals surface area (Å²) in [5, 5.41) is 4.16. The van der Waals surface area contributed by atoms with Crippen molar-refractivity contribution in [2.24, 2.45) is 5.16 Å². The molecule has 2 aliphatic rings. The summed E-state index contributed by atoms with van der Waals surface area (Å²) in [6, 6.07) is 14.2. The predicted octanol–water partition coefficient (Wildman–Crippen LogP) is 3.56. The van der Waals surface area contributed by atoms with Gasteiger partial charge in [0.15, 0.2) is 11.4 Å². The summed E-state index contributed by atoms with van der Waals surface area (Å²) in [7, 11) is 0. The van der Waals surface area contributed by atoms with Crippen LogP contribution in [0.15, 0.2) is 62.9 Å². The Morgan fingerprint density at radius 3 is 2.62 bits per heavy atom. The Kier molecular flexibility index (Phi) is 4.67. The van der Waals surface area contributed by atoms with Crippen molar-refractivity contribution in [3.8, 4) is 0 Å². The molecule has 1 fully saturated rings. The standard InChI is InChI=1S/C22H22FN3O3/c23-17-7-5-15(6-8-17)16-9-11-25(12-10-16)14-18-13-21(24-29-18)26-19-3-1-2-4-20(19)28-22(26)27/h1-8,16,18H,9-14H2. The molecular weight excluding hydrogens is 373 g/mol. The zero-order valence-corrected chi connectivity index (χ0v) is 16.0. The van der Waals surface area contributed by atoms with Crippen LogP contribution in [0.25, 0.3) is 11.1 Å². The first kappa shape index (κ1) is 18.1. The Balaban J connectivity index is 1.19. The molecule has 7 heteroatoms. The molecule has 5 rings (SSSR count). The quantitative estimate of drug-likeness (QED) is 0.680. The predicted molar refractivity (Wildman–Crippen MR) is 108 cm³/mol. The van der Waals surface area contributed by atoms with E-state index in [-0.39, 0.29) is 11.9 Å². The van der Waals surface area contributed by atoms with E-state index in [4.69, 9.17) is 9.25 Å². The fourth-order valence-corrected chi connectivity index (χ4v) is 4.33. The van der Waals surface area contributed by atoms with Crippen LogP contribution >= 0.6 is 0 Å². The smallest absolute Gasteiger partial charge is 0.407 e. The third-order valence-electron chi connectivity index (χ3n) is 5.85. The molecule has 3 heterocycles. The number of oxazole rings is 1. The van der Waals surface area contributed by atoms with Gasteiger partial charge in [0.25, 0.3) is 0 Å². The molecule has 2 aromatic carbocycles. The molecule has 0 radical (unpaired) electrons. The Labute approximate surface area is 167 Å². The number of fused-ring (bicyclic) bond motifs is 1. The van der Waals surface area contributed by atoms with Gasteiger partial charge < -0.3 is 9.25 Å². The van der Waals surface area contributed by atoms with Crippen LogP contribution in [0.1, 0.15) is 30.7 Å². The van der Waals surface area contributed by atoms with Crippen molar-refractivity contribution in [1.29, 1.82) is 0 Å². The second kappa shape index (κ2) is 7.48. The second-order valence-corrected chi connectivity index (χ2v) is 7.74. The van der Waals surface area contributed by atoms with Gasteiger partial charge in [-0.05, 0) is 61.7 Å². The van der Waals surface area contributed by atoms with E-state index in [1.807, 2.05) is 30.3 Å². The lowest BCUT2D eigenvalue weighted by molar-refractivity contribution is 0.0454. The highest BCUT2D eigenvalue weighted by Gasteiger charge is 2.29. The number of oxime groups is 1. The third-order valence-corrected chi connectivity index (χ3v) is 5.85. The van der Waals surface area contributed by atoms with E-state index < -0.39 is 5.76 Å². The minimum Gasteiger partial charge on any atom is -0.407 e. The molecule has 0 aliphatic carbocycles. The molecule has 1 atom stereocenters. The molecule has 0 N–H and O–H groups in total. The zero-order valence-electron chi connectivity index (χ0n) is 16.0. The highest BCUT2D eigenvalue weighted by Crippen LogP contribution is 2.29. The monoisotopic (exact) mass is 395 g/mol. The fourth-order valence-electron chi connectivity index (χ4n) is 4.33. The topological polar surface area (TPSA) is 60.0 Å². The van der Waals surface area contributed by atoms with E-state index in [1.54, 1.807) is 6.07 Å². The van der Waals surface area contributed by atoms with Crippen molar-refractivity contribution in [3.05, 3.63) is 70.5 Å². The van der Waals surface area contributed by atoms with Gasteiger partial charge in [-0.25, -0.2) is 13.8 Å². The van der Waals surface area contributed by atoms with E-state index in [0.717, 1.165) is 32.5 Å². The summed E-state index contributed by atoms with van der Waals surface area (Å²) < 4.78 is 19.9. The Morgan fingerprint density at radius 1 is 1.07 bits per heavy atom. The summed E-state index contributed by atoms with van der Waals surface area (Å²) in [5.74, 6) is 0.435. The Hall–Kier alpha value is -2.93. The maximum atomic E-state index is 13.1. The van der Waals surface area contributed by atoms with Gasteiger partial charge in [0.05, 0.1) is 11.9 Å². The summed E-state index contributed by atoms with van der Waals surface area (Å²) in [6.45, 7) is 2.70. The van der Waals surface area contributed by atoms with Crippen molar-refractivity contribution in [2.75, 3.05) is 19.6 Å². The summed E-state index contributed by atoms with van der Waals surface area (Å²) >= 11 is 0. The van der Waals surface area contributed by atoms with Crippen LogP contribution in [-0.2, 0) is 4.84 Å². The van der Waals surface area contributed by atoms with Crippen molar-refractivity contribution in [2.45, 2.75) is 31.3 Å². The highest BCUT2D eigenvalue weighted by atomic mass is 19.1. The van der Waals surface area contributed by atoms with Crippen molar-refractivity contribution in [1.82, 2.24) is 9.47 Å². The van der Waals surface area contributed by atoms with Gasteiger partial charge in [-0.2, -0.15) is 0 Å². The van der Waals surface area contributed by atoms with Crippen LogP contribution in [0.2, 0.25) is 0 Å². The lowest BCUT2D eigenvalue weighted by Gasteiger charge is -2.33. The van der Waals surface area contributed by atoms with E-state index in [0.29, 0.717) is 29.3 Å². The van der Waals surface area contributed by atoms with Gasteiger partial charge in [0.1, 0.15) is 11.9 Å². The van der Waals surface area contributed by atoms with E-state index in [2.05, 4.69) is 10.1 Å². The summed E-state index contributed by atoms with van der Waals surface area (Å²) in [4.78, 5) is 20.2. The van der Waals surface area contributed by atoms with Crippen LogP contribution in [0.3, 0.4) is 0 Å². The number of hydrogen-bond donors (Lipinski definition) is 0. The number of benzene rings is 2. The van der Waals surface area contributed by atoms with Crippen LogP contribution < -0.4 is 5.76 Å². The zero-order chi connectivity index (χ0) is 19.8. The molecule has 29 heavy (non-hydrogen) atoms. The lowest BCUT2D eigenvalue weighted by Crippen LogP contribution is -2.38. The molecule has 2 aliphatic heterocycles. The van der Waals surface area contributed by atoms with Gasteiger partial charge in [0.2, 0.25) is 0 Å². The molecular formula is C22H22FN3O3. The number of halogens is 1. The van der Waals surface area contributed by atoms with E-state index in [1.165, 1.54) is 22.3 Å². The van der Waals surface area contributed by atoms with E-state index >= 15 is 0 Å². The number of aromatic nitrogens is 1. The molecule has 1 saturated heterocycles. The van der Waals surface area contributed by atoms with Gasteiger partial charge in [-0.3, -0.25) is 4.90 Å². The highest BCUT2D eigenvalue weighted by molar-refractivity contribution is 5.93. The van der Waals surface area contributed by atoms with Gasteiger partial charge in [-0.1, -0.05) is 29.4 Å². The number of nitrogens with zero attached hydrogens (tertiary/aromatic N) is 3. The van der Waals surface area contributed by atoms with Crippen molar-refractivity contribution >= 4 is 16.9 Å². The molecule has 6 nitrogen and oxygen atoms in total. The molecule has 3 aromatic rings. The Morgan fingerprint density at radius 2 is 1.83 bits per heavy atom. The SMILES string of the molecule is O=c1oc2ccccc2n1C1=NOC(CN2CCC(c3ccc(F)cc3)CC2)C1. The fraction of sp³-hybridized carbons (Fsp3) is 0.364. The molecule has 150 valence electrons. The van der Waals surface area contributed by atoms with Gasteiger partial charge in [-0.15, -0.1) is 0 Å². The minimum atomic E-state index is -0.436. The summed E-state index contributed by atoms with van der Waals surface area (Å²) in [6.07, 6.45) is 2.57. The summed E-state index contributed by atoms with van der Waals surface area (Å²) in [5.41, 5.74) is 2.46. The van der Waals surface area contributed by atoms with Crippen LogP contribution in [-0.4, -0.2) is 41.0 Å². The number of rotatable bonds is 3. The largest absolute Gasteiger partial charge is 0.425 e. The second-order valence-electron chi connectivity index (χ2n) is 7.74. The first-order valence-corrected chi connectivity index (χ1v) is 9.99. The van der Waals surface area contributed by atoms with Crippen LogP contribution in [0.4, 0.5) is 4.39 Å². The maximum Gasteiger partial charge on any atom is 0.425 e. The molecule has 0 amide bonds. The molecule has 0 bridgehead atoms. The van der Waals surface area contributed by atoms with E-state index in [9.17, 15) is 9.18 Å².